The minimum atomic E-state index is -0.211. The Labute approximate surface area is 175 Å². The summed E-state index contributed by atoms with van der Waals surface area (Å²) in [6.45, 7) is 7.54. The third-order valence-electron chi connectivity index (χ3n) is 6.60. The lowest BCUT2D eigenvalue weighted by Gasteiger charge is -2.43. The first-order valence-corrected chi connectivity index (χ1v) is 10.6. The predicted molar refractivity (Wildman–Crippen MR) is 114 cm³/mol. The van der Waals surface area contributed by atoms with Gasteiger partial charge in [0.1, 0.15) is 5.69 Å². The summed E-state index contributed by atoms with van der Waals surface area (Å²) in [5, 5.41) is 4.52. The summed E-state index contributed by atoms with van der Waals surface area (Å²) in [5.41, 5.74) is 3.90. The number of aromatic nitrogens is 4. The zero-order chi connectivity index (χ0) is 21.1. The first-order valence-electron chi connectivity index (χ1n) is 10.6. The molecule has 3 aromatic heterocycles. The molecule has 1 amide bonds. The standard InChI is InChI=1S/C23H27N5O2/c1-22(2,3)28-20-16(14-26-28)11-23(12-19(20)29)5-8-27(9-6-23)21(30)15-10-18-17(25-13-15)4-7-24-18/h4,7,10,13-14,24H,5-6,8-9,11-12H2,1-3H3. The molecule has 7 heteroatoms. The van der Waals surface area contributed by atoms with E-state index in [1.54, 1.807) is 6.20 Å². The summed E-state index contributed by atoms with van der Waals surface area (Å²) in [6.07, 6.45) is 8.43. The third-order valence-corrected chi connectivity index (χ3v) is 6.60. The average molecular weight is 406 g/mol. The van der Waals surface area contributed by atoms with Crippen molar-refractivity contribution in [2.45, 2.75) is 52.0 Å². The molecule has 0 saturated carbocycles. The summed E-state index contributed by atoms with van der Waals surface area (Å²) < 4.78 is 1.87. The van der Waals surface area contributed by atoms with Gasteiger partial charge in [-0.2, -0.15) is 5.10 Å². The molecule has 156 valence electrons. The van der Waals surface area contributed by atoms with Crippen LogP contribution in [-0.2, 0) is 12.0 Å². The van der Waals surface area contributed by atoms with Crippen molar-refractivity contribution in [3.8, 4) is 0 Å². The number of Topliss-reactive ketones (excluding diaryl/α,β-unsaturated/α-hetero) is 1. The number of ketones is 1. The normalized spacial score (nSPS) is 18.8. The molecule has 0 aromatic carbocycles. The van der Waals surface area contributed by atoms with Crippen LogP contribution in [0.3, 0.4) is 0 Å². The van der Waals surface area contributed by atoms with E-state index in [4.69, 9.17) is 0 Å². The Balaban J connectivity index is 1.32. The highest BCUT2D eigenvalue weighted by molar-refractivity contribution is 5.98. The van der Waals surface area contributed by atoms with E-state index < -0.39 is 0 Å². The van der Waals surface area contributed by atoms with Crippen LogP contribution in [0, 0.1) is 5.41 Å². The average Bonchev–Trinajstić information content (AvgIpc) is 3.34. The number of piperidine rings is 1. The van der Waals surface area contributed by atoms with Gasteiger partial charge in [-0.3, -0.25) is 19.3 Å². The molecule has 0 radical (unpaired) electrons. The summed E-state index contributed by atoms with van der Waals surface area (Å²) in [4.78, 5) is 35.5. The Bertz CT molecular complexity index is 1140. The number of fused-ring (bicyclic) bond motifs is 2. The molecule has 1 saturated heterocycles. The molecule has 3 aromatic rings. The van der Waals surface area contributed by atoms with Gasteiger partial charge in [0.05, 0.1) is 28.3 Å². The first kappa shape index (κ1) is 19.0. The van der Waals surface area contributed by atoms with Crippen LogP contribution in [0.5, 0.6) is 0 Å². The van der Waals surface area contributed by atoms with Crippen LogP contribution in [0.25, 0.3) is 11.0 Å². The number of aromatic amines is 1. The molecule has 1 N–H and O–H groups in total. The van der Waals surface area contributed by atoms with Crippen molar-refractivity contribution in [2.75, 3.05) is 13.1 Å². The molecule has 0 unspecified atom stereocenters. The molecule has 0 atom stereocenters. The number of carbonyl (C=O) groups is 2. The van der Waals surface area contributed by atoms with Crippen molar-refractivity contribution < 1.29 is 9.59 Å². The first-order chi connectivity index (χ1) is 14.3. The molecular formula is C23H27N5O2. The van der Waals surface area contributed by atoms with Gasteiger partial charge in [-0.05, 0) is 57.6 Å². The topological polar surface area (TPSA) is 83.9 Å². The minimum absolute atomic E-state index is 0.0113. The SMILES string of the molecule is CC(C)(C)n1ncc2c1C(=O)CC1(CCN(C(=O)c3cnc4cc[nH]c4c3)CC1)C2. The summed E-state index contributed by atoms with van der Waals surface area (Å²) >= 11 is 0. The Hall–Kier alpha value is -2.96. The number of carbonyl (C=O) groups excluding carboxylic acids is 2. The van der Waals surface area contributed by atoms with Gasteiger partial charge in [0.15, 0.2) is 5.78 Å². The van der Waals surface area contributed by atoms with Gasteiger partial charge in [0.25, 0.3) is 5.91 Å². The van der Waals surface area contributed by atoms with E-state index in [0.29, 0.717) is 25.1 Å². The van der Waals surface area contributed by atoms with Gasteiger partial charge in [-0.1, -0.05) is 0 Å². The van der Waals surface area contributed by atoms with Gasteiger partial charge >= 0.3 is 0 Å². The van der Waals surface area contributed by atoms with Gasteiger partial charge in [0, 0.05) is 37.5 Å². The fourth-order valence-electron chi connectivity index (χ4n) is 4.98. The van der Waals surface area contributed by atoms with Crippen LogP contribution in [0.15, 0.2) is 30.7 Å². The molecular weight excluding hydrogens is 378 g/mol. The molecule has 4 heterocycles. The van der Waals surface area contributed by atoms with Crippen LogP contribution >= 0.6 is 0 Å². The van der Waals surface area contributed by atoms with Gasteiger partial charge < -0.3 is 9.88 Å². The van der Waals surface area contributed by atoms with Gasteiger partial charge in [-0.15, -0.1) is 0 Å². The highest BCUT2D eigenvalue weighted by Gasteiger charge is 2.44. The number of hydrogen-bond acceptors (Lipinski definition) is 4. The third kappa shape index (κ3) is 3.04. The number of hydrogen-bond donors (Lipinski definition) is 1. The highest BCUT2D eigenvalue weighted by Crippen LogP contribution is 2.44. The second-order valence-electron chi connectivity index (χ2n) is 9.80. The van der Waals surface area contributed by atoms with Crippen LogP contribution in [-0.4, -0.2) is 49.4 Å². The smallest absolute Gasteiger partial charge is 0.255 e. The van der Waals surface area contributed by atoms with Crippen LogP contribution in [0.1, 0.15) is 66.4 Å². The van der Waals surface area contributed by atoms with E-state index >= 15 is 0 Å². The Morgan fingerprint density at radius 2 is 1.93 bits per heavy atom. The van der Waals surface area contributed by atoms with Crippen molar-refractivity contribution in [2.24, 2.45) is 5.41 Å². The molecule has 1 spiro atoms. The maximum Gasteiger partial charge on any atom is 0.255 e. The van der Waals surface area contributed by atoms with Crippen molar-refractivity contribution in [1.82, 2.24) is 24.6 Å². The number of nitrogens with one attached hydrogen (secondary N) is 1. The molecule has 30 heavy (non-hydrogen) atoms. The highest BCUT2D eigenvalue weighted by atomic mass is 16.2. The van der Waals surface area contributed by atoms with Gasteiger partial charge in [0.2, 0.25) is 0 Å². The second-order valence-corrected chi connectivity index (χ2v) is 9.80. The number of H-pyrrole nitrogens is 1. The largest absolute Gasteiger partial charge is 0.360 e. The number of nitrogens with zero attached hydrogens (tertiary/aromatic N) is 4. The monoisotopic (exact) mass is 405 g/mol. The lowest BCUT2D eigenvalue weighted by atomic mass is 9.67. The van der Waals surface area contributed by atoms with E-state index in [9.17, 15) is 9.59 Å². The molecule has 7 nitrogen and oxygen atoms in total. The molecule has 1 aliphatic heterocycles. The fraction of sp³-hybridized carbons (Fsp3) is 0.478. The van der Waals surface area contributed by atoms with E-state index in [0.717, 1.165) is 41.6 Å². The Kier molecular flexibility index (Phi) is 4.14. The van der Waals surface area contributed by atoms with E-state index in [1.165, 1.54) is 0 Å². The maximum atomic E-state index is 13.1. The van der Waals surface area contributed by atoms with Crippen molar-refractivity contribution >= 4 is 22.7 Å². The minimum Gasteiger partial charge on any atom is -0.360 e. The van der Waals surface area contributed by atoms with Crippen LogP contribution in [0.4, 0.5) is 0 Å². The Morgan fingerprint density at radius 3 is 2.67 bits per heavy atom. The van der Waals surface area contributed by atoms with Gasteiger partial charge in [-0.25, -0.2) is 0 Å². The van der Waals surface area contributed by atoms with E-state index in [-0.39, 0.29) is 22.6 Å². The van der Waals surface area contributed by atoms with Crippen LogP contribution in [0.2, 0.25) is 0 Å². The zero-order valence-electron chi connectivity index (χ0n) is 17.7. The molecule has 5 rings (SSSR count). The van der Waals surface area contributed by atoms with Crippen LogP contribution < -0.4 is 0 Å². The second kappa shape index (κ2) is 6.52. The zero-order valence-corrected chi connectivity index (χ0v) is 17.7. The van der Waals surface area contributed by atoms with Crippen molar-refractivity contribution in [1.29, 1.82) is 0 Å². The fourth-order valence-corrected chi connectivity index (χ4v) is 4.98. The lowest BCUT2D eigenvalue weighted by molar-refractivity contribution is 0.0515. The van der Waals surface area contributed by atoms with E-state index in [1.807, 2.05) is 34.1 Å². The summed E-state index contributed by atoms with van der Waals surface area (Å²) in [6, 6.07) is 3.76. The summed E-state index contributed by atoms with van der Waals surface area (Å²) in [7, 11) is 0. The molecule has 1 fully saturated rings. The maximum absolute atomic E-state index is 13.1. The van der Waals surface area contributed by atoms with E-state index in [2.05, 4.69) is 35.8 Å². The predicted octanol–water partition coefficient (Wildman–Crippen LogP) is 3.57. The molecule has 1 aliphatic carbocycles. The molecule has 0 bridgehead atoms. The molecule has 2 aliphatic rings. The quantitative estimate of drug-likeness (QED) is 0.671. The number of pyridine rings is 1. The number of likely N-dealkylation sites (tertiary alicyclic amines) is 1. The summed E-state index contributed by atoms with van der Waals surface area (Å²) in [5.74, 6) is 0.196. The number of rotatable bonds is 1. The lowest BCUT2D eigenvalue weighted by Crippen LogP contribution is -2.46. The van der Waals surface area contributed by atoms with Crippen molar-refractivity contribution in [3.05, 3.63) is 47.5 Å². The number of amides is 1. The van der Waals surface area contributed by atoms with Crippen molar-refractivity contribution in [3.63, 3.8) is 0 Å². The Morgan fingerprint density at radius 1 is 1.17 bits per heavy atom.